The summed E-state index contributed by atoms with van der Waals surface area (Å²) in [6.07, 6.45) is 1.81. The number of nitrogens with zero attached hydrogens (tertiary/aromatic N) is 2. The first-order valence-electron chi connectivity index (χ1n) is 7.87. The van der Waals surface area contributed by atoms with E-state index in [4.69, 9.17) is 4.74 Å². The Morgan fingerprint density at radius 3 is 2.52 bits per heavy atom. The fraction of sp³-hybridized carbons (Fsp3) is 0.444. The van der Waals surface area contributed by atoms with Gasteiger partial charge in [0.2, 0.25) is 0 Å². The Balaban J connectivity index is 2.04. The van der Waals surface area contributed by atoms with E-state index in [-0.39, 0.29) is 29.7 Å². The number of rotatable bonds is 4. The lowest BCUT2D eigenvalue weighted by atomic mass is 10.1. The van der Waals surface area contributed by atoms with Crippen molar-refractivity contribution in [1.82, 2.24) is 10.2 Å². The Labute approximate surface area is 137 Å². The number of morpholine rings is 1. The third-order valence-corrected chi connectivity index (χ3v) is 3.77. The van der Waals surface area contributed by atoms with Gasteiger partial charge in [-0.1, -0.05) is 30.3 Å². The van der Waals surface area contributed by atoms with E-state index in [1.54, 1.807) is 6.20 Å². The number of nitrogens with one attached hydrogen (secondary N) is 1. The van der Waals surface area contributed by atoms with Gasteiger partial charge < -0.3 is 15.0 Å². The van der Waals surface area contributed by atoms with Gasteiger partial charge >= 0.3 is 0 Å². The Hall–Kier alpha value is -2.32. The summed E-state index contributed by atoms with van der Waals surface area (Å²) in [6.45, 7) is 7.23. The Morgan fingerprint density at radius 2 is 1.96 bits per heavy atom. The molecule has 1 fully saturated rings. The molecule has 5 heteroatoms. The van der Waals surface area contributed by atoms with Crippen LogP contribution >= 0.6 is 0 Å². The molecule has 1 aliphatic heterocycles. The minimum atomic E-state index is -0.351. The summed E-state index contributed by atoms with van der Waals surface area (Å²) in [6, 6.07) is 11.5. The monoisotopic (exact) mass is 313 g/mol. The highest BCUT2D eigenvalue weighted by atomic mass is 16.5. The number of ether oxygens (including phenoxy) is 1. The molecule has 3 unspecified atom stereocenters. The number of carbonyl (C=O) groups is 1. The number of benzene rings is 1. The minimum absolute atomic E-state index is 0.0845. The summed E-state index contributed by atoms with van der Waals surface area (Å²) in [5.41, 5.74) is 1.13. The maximum Gasteiger partial charge on any atom is 0.263 e. The third-order valence-electron chi connectivity index (χ3n) is 3.77. The van der Waals surface area contributed by atoms with Crippen molar-refractivity contribution in [2.75, 3.05) is 13.1 Å². The highest BCUT2D eigenvalue weighted by Crippen LogP contribution is 2.14. The molecule has 3 atom stereocenters. The molecule has 1 aliphatic rings. The molecule has 1 heterocycles. The van der Waals surface area contributed by atoms with Gasteiger partial charge in [0, 0.05) is 19.3 Å². The molecule has 0 saturated carbocycles. The highest BCUT2D eigenvalue weighted by Gasteiger charge is 2.22. The predicted octanol–water partition coefficient (Wildman–Crippen LogP) is 2.38. The fourth-order valence-electron chi connectivity index (χ4n) is 2.74. The van der Waals surface area contributed by atoms with Crippen LogP contribution in [-0.2, 0) is 9.53 Å². The zero-order chi connectivity index (χ0) is 16.8. The van der Waals surface area contributed by atoms with Crippen LogP contribution in [0.3, 0.4) is 0 Å². The van der Waals surface area contributed by atoms with Gasteiger partial charge in [0.1, 0.15) is 11.6 Å². The SMILES string of the molecule is CC1CN(/C=C(/C#N)C(=O)NC(C)c2ccccc2)CC(C)O1. The van der Waals surface area contributed by atoms with Crippen molar-refractivity contribution in [2.24, 2.45) is 0 Å². The van der Waals surface area contributed by atoms with E-state index in [1.165, 1.54) is 0 Å². The van der Waals surface area contributed by atoms with Crippen LogP contribution < -0.4 is 5.32 Å². The fourth-order valence-corrected chi connectivity index (χ4v) is 2.74. The molecule has 1 aromatic carbocycles. The second-order valence-corrected chi connectivity index (χ2v) is 5.97. The van der Waals surface area contributed by atoms with Crippen molar-refractivity contribution in [2.45, 2.75) is 39.0 Å². The number of nitriles is 1. The molecule has 1 saturated heterocycles. The van der Waals surface area contributed by atoms with Crippen LogP contribution in [0.1, 0.15) is 32.4 Å². The van der Waals surface area contributed by atoms with Gasteiger partial charge in [0.05, 0.1) is 18.2 Å². The quantitative estimate of drug-likeness (QED) is 0.684. The molecular formula is C18H23N3O2. The molecule has 1 aromatic rings. The van der Waals surface area contributed by atoms with E-state index in [9.17, 15) is 10.1 Å². The third kappa shape index (κ3) is 4.83. The van der Waals surface area contributed by atoms with Crippen molar-refractivity contribution in [1.29, 1.82) is 5.26 Å². The highest BCUT2D eigenvalue weighted by molar-refractivity contribution is 5.97. The summed E-state index contributed by atoms with van der Waals surface area (Å²) in [5.74, 6) is -0.351. The maximum atomic E-state index is 12.3. The van der Waals surface area contributed by atoms with Gasteiger partial charge in [-0.25, -0.2) is 0 Å². The Kier molecular flexibility index (Phi) is 5.78. The van der Waals surface area contributed by atoms with E-state index in [0.29, 0.717) is 13.1 Å². The van der Waals surface area contributed by atoms with Gasteiger partial charge in [-0.2, -0.15) is 5.26 Å². The van der Waals surface area contributed by atoms with E-state index < -0.39 is 0 Å². The minimum Gasteiger partial charge on any atom is -0.372 e. The van der Waals surface area contributed by atoms with E-state index >= 15 is 0 Å². The molecule has 0 aliphatic carbocycles. The second kappa shape index (κ2) is 7.80. The smallest absolute Gasteiger partial charge is 0.263 e. The van der Waals surface area contributed by atoms with E-state index in [1.807, 2.05) is 62.1 Å². The molecule has 5 nitrogen and oxygen atoms in total. The normalized spacial score (nSPS) is 23.0. The lowest BCUT2D eigenvalue weighted by Gasteiger charge is -2.34. The van der Waals surface area contributed by atoms with Crippen LogP contribution in [0.2, 0.25) is 0 Å². The molecule has 0 radical (unpaired) electrons. The van der Waals surface area contributed by atoms with E-state index in [2.05, 4.69) is 5.32 Å². The zero-order valence-electron chi connectivity index (χ0n) is 13.8. The number of amides is 1. The molecule has 2 rings (SSSR count). The first-order valence-corrected chi connectivity index (χ1v) is 7.87. The first-order chi connectivity index (χ1) is 11.0. The Morgan fingerprint density at radius 1 is 1.35 bits per heavy atom. The van der Waals surface area contributed by atoms with Gasteiger partial charge in [-0.15, -0.1) is 0 Å². The van der Waals surface area contributed by atoms with Crippen LogP contribution in [0.15, 0.2) is 42.1 Å². The molecule has 122 valence electrons. The number of hydrogen-bond acceptors (Lipinski definition) is 4. The summed E-state index contributed by atoms with van der Waals surface area (Å²) in [4.78, 5) is 14.3. The average Bonchev–Trinajstić information content (AvgIpc) is 2.52. The first kappa shape index (κ1) is 17.0. The Bertz CT molecular complexity index is 596. The molecule has 1 amide bonds. The van der Waals surface area contributed by atoms with Crippen molar-refractivity contribution in [3.63, 3.8) is 0 Å². The van der Waals surface area contributed by atoms with Gasteiger partial charge in [0.15, 0.2) is 0 Å². The van der Waals surface area contributed by atoms with Crippen molar-refractivity contribution in [3.05, 3.63) is 47.7 Å². The average molecular weight is 313 g/mol. The second-order valence-electron chi connectivity index (χ2n) is 5.97. The van der Waals surface area contributed by atoms with Crippen LogP contribution in [0.25, 0.3) is 0 Å². The van der Waals surface area contributed by atoms with Crippen LogP contribution in [0, 0.1) is 11.3 Å². The summed E-state index contributed by atoms with van der Waals surface area (Å²) in [7, 11) is 0. The molecule has 23 heavy (non-hydrogen) atoms. The van der Waals surface area contributed by atoms with Gasteiger partial charge in [-0.3, -0.25) is 4.79 Å². The summed E-state index contributed by atoms with van der Waals surface area (Å²) >= 11 is 0. The van der Waals surface area contributed by atoms with E-state index in [0.717, 1.165) is 5.56 Å². The van der Waals surface area contributed by atoms with Gasteiger partial charge in [-0.05, 0) is 26.3 Å². The van der Waals surface area contributed by atoms with Crippen molar-refractivity contribution < 1.29 is 9.53 Å². The van der Waals surface area contributed by atoms with Crippen LogP contribution in [-0.4, -0.2) is 36.1 Å². The standard InChI is InChI=1S/C18H23N3O2/c1-13-10-21(11-14(2)23-13)12-17(9-19)18(22)20-15(3)16-7-5-4-6-8-16/h4-8,12-15H,10-11H2,1-3H3,(H,20,22)/b17-12-. The molecular weight excluding hydrogens is 290 g/mol. The van der Waals surface area contributed by atoms with Gasteiger partial charge in [0.25, 0.3) is 5.91 Å². The lowest BCUT2D eigenvalue weighted by Crippen LogP contribution is -2.43. The van der Waals surface area contributed by atoms with Crippen LogP contribution in [0.5, 0.6) is 0 Å². The van der Waals surface area contributed by atoms with Crippen molar-refractivity contribution >= 4 is 5.91 Å². The molecule has 0 bridgehead atoms. The van der Waals surface area contributed by atoms with Crippen LogP contribution in [0.4, 0.5) is 0 Å². The van der Waals surface area contributed by atoms with Crippen molar-refractivity contribution in [3.8, 4) is 6.07 Å². The number of hydrogen-bond donors (Lipinski definition) is 1. The molecule has 1 N–H and O–H groups in total. The lowest BCUT2D eigenvalue weighted by molar-refractivity contribution is -0.117. The topological polar surface area (TPSA) is 65.4 Å². The summed E-state index contributed by atoms with van der Waals surface area (Å²) < 4.78 is 5.66. The maximum absolute atomic E-state index is 12.3. The summed E-state index contributed by atoms with van der Waals surface area (Å²) in [5, 5.41) is 12.2. The largest absolute Gasteiger partial charge is 0.372 e. The molecule has 0 spiro atoms. The molecule has 0 aromatic heterocycles. The predicted molar refractivity (Wildman–Crippen MR) is 88.3 cm³/mol. The number of carbonyl (C=O) groups excluding carboxylic acids is 1. The zero-order valence-corrected chi connectivity index (χ0v) is 13.8.